The molecule has 0 spiro atoms. The molecule has 1 aliphatic carbocycles. The molecule has 5 rings (SSSR count). The van der Waals surface area contributed by atoms with Crippen LogP contribution in [0.3, 0.4) is 0 Å². The van der Waals surface area contributed by atoms with Crippen molar-refractivity contribution in [2.45, 2.75) is 19.3 Å². The average molecular weight is 405 g/mol. The zero-order chi connectivity index (χ0) is 20.5. The lowest BCUT2D eigenvalue weighted by molar-refractivity contribution is -0.136. The maximum atomic E-state index is 13.7. The number of H-pyrrole nitrogens is 1. The second kappa shape index (κ2) is 7.89. The van der Waals surface area contributed by atoms with Gasteiger partial charge in [-0.05, 0) is 43.5 Å². The normalized spacial score (nSPS) is 18.9. The molecule has 7 heteroatoms. The maximum absolute atomic E-state index is 13.7. The van der Waals surface area contributed by atoms with E-state index in [0.717, 1.165) is 54.3 Å². The largest absolute Gasteiger partial charge is 0.353 e. The zero-order valence-corrected chi connectivity index (χ0v) is 16.7. The third-order valence-corrected chi connectivity index (χ3v) is 6.16. The van der Waals surface area contributed by atoms with Crippen molar-refractivity contribution in [2.75, 3.05) is 31.1 Å². The number of aromatic nitrogens is 3. The number of amides is 1. The van der Waals surface area contributed by atoms with Crippen LogP contribution >= 0.6 is 0 Å². The van der Waals surface area contributed by atoms with Crippen molar-refractivity contribution >= 4 is 11.7 Å². The number of carbonyl (C=O) groups excluding carboxylic acids is 1. The number of nitrogens with one attached hydrogen (secondary N) is 1. The van der Waals surface area contributed by atoms with Crippen molar-refractivity contribution in [3.05, 3.63) is 65.7 Å². The number of halogens is 1. The molecule has 1 saturated heterocycles. The Morgan fingerprint density at radius 2 is 1.97 bits per heavy atom. The summed E-state index contributed by atoms with van der Waals surface area (Å²) >= 11 is 0. The zero-order valence-electron chi connectivity index (χ0n) is 16.7. The minimum atomic E-state index is -0.279. The number of benzene rings is 1. The fourth-order valence-electron chi connectivity index (χ4n) is 4.54. The van der Waals surface area contributed by atoms with Gasteiger partial charge in [-0.2, -0.15) is 5.10 Å². The molecular weight excluding hydrogens is 381 g/mol. The first kappa shape index (κ1) is 18.8. The Bertz CT molecular complexity index is 1040. The highest BCUT2D eigenvalue weighted by Crippen LogP contribution is 2.33. The van der Waals surface area contributed by atoms with Crippen LogP contribution in [-0.4, -0.2) is 52.2 Å². The summed E-state index contributed by atoms with van der Waals surface area (Å²) in [7, 11) is 0. The number of aryl methyl sites for hydroxylation is 1. The van der Waals surface area contributed by atoms with Crippen LogP contribution in [0, 0.1) is 11.7 Å². The van der Waals surface area contributed by atoms with Crippen LogP contribution in [-0.2, 0) is 17.6 Å². The molecule has 1 aliphatic heterocycles. The van der Waals surface area contributed by atoms with Gasteiger partial charge in [0.2, 0.25) is 5.91 Å². The van der Waals surface area contributed by atoms with Gasteiger partial charge in [0.05, 0.1) is 5.69 Å². The molecule has 30 heavy (non-hydrogen) atoms. The fourth-order valence-corrected chi connectivity index (χ4v) is 4.54. The summed E-state index contributed by atoms with van der Waals surface area (Å²) in [5.74, 6) is 0.847. The van der Waals surface area contributed by atoms with E-state index in [-0.39, 0.29) is 17.6 Å². The van der Waals surface area contributed by atoms with Gasteiger partial charge in [-0.15, -0.1) is 0 Å². The fraction of sp³-hybridized carbons (Fsp3) is 0.348. The Morgan fingerprint density at radius 1 is 1.10 bits per heavy atom. The van der Waals surface area contributed by atoms with Gasteiger partial charge in [-0.25, -0.2) is 9.37 Å². The first-order chi connectivity index (χ1) is 14.7. The van der Waals surface area contributed by atoms with E-state index in [1.165, 1.54) is 12.1 Å². The van der Waals surface area contributed by atoms with Crippen LogP contribution in [0.5, 0.6) is 0 Å². The number of pyridine rings is 1. The summed E-state index contributed by atoms with van der Waals surface area (Å²) in [6.07, 6.45) is 4.06. The average Bonchev–Trinajstić information content (AvgIpc) is 3.23. The number of carbonyl (C=O) groups is 1. The lowest BCUT2D eigenvalue weighted by Gasteiger charge is -2.37. The molecule has 1 N–H and O–H groups in total. The number of nitrogens with zero attached hydrogens (tertiary/aromatic N) is 4. The molecule has 6 nitrogen and oxygen atoms in total. The summed E-state index contributed by atoms with van der Waals surface area (Å²) in [6, 6.07) is 12.4. The maximum Gasteiger partial charge on any atom is 0.226 e. The summed E-state index contributed by atoms with van der Waals surface area (Å²) in [5, 5.41) is 7.52. The topological polar surface area (TPSA) is 65.1 Å². The third-order valence-electron chi connectivity index (χ3n) is 6.16. The molecule has 154 valence electrons. The molecule has 3 aromatic rings. The van der Waals surface area contributed by atoms with Gasteiger partial charge < -0.3 is 9.80 Å². The Balaban J connectivity index is 1.27. The summed E-state index contributed by atoms with van der Waals surface area (Å²) in [6.45, 7) is 3.00. The smallest absolute Gasteiger partial charge is 0.226 e. The van der Waals surface area contributed by atoms with E-state index in [0.29, 0.717) is 19.5 Å². The molecule has 2 aromatic heterocycles. The van der Waals surface area contributed by atoms with Gasteiger partial charge >= 0.3 is 0 Å². The van der Waals surface area contributed by atoms with E-state index in [2.05, 4.69) is 20.1 Å². The van der Waals surface area contributed by atoms with Crippen molar-refractivity contribution in [3.8, 4) is 11.3 Å². The Kier molecular flexibility index (Phi) is 4.94. The molecule has 1 aromatic carbocycles. The quantitative estimate of drug-likeness (QED) is 0.727. The molecule has 1 atom stereocenters. The SMILES string of the molecule is O=C([C@H]1CCc2[nH]nc(-c3cccc(F)c3)c2C1)N1CCN(c2ccccn2)CC1. The molecule has 0 bridgehead atoms. The minimum absolute atomic E-state index is 0.0520. The van der Waals surface area contributed by atoms with E-state index in [1.54, 1.807) is 12.3 Å². The monoisotopic (exact) mass is 405 g/mol. The number of hydrogen-bond donors (Lipinski definition) is 1. The first-order valence-corrected chi connectivity index (χ1v) is 10.5. The predicted octanol–water partition coefficient (Wildman–Crippen LogP) is 3.06. The van der Waals surface area contributed by atoms with Gasteiger partial charge in [0, 0.05) is 55.1 Å². The standard InChI is InChI=1S/C23H24FN5O/c24-18-5-3-4-16(14-18)22-19-15-17(7-8-20(19)26-27-22)23(30)29-12-10-28(11-13-29)21-6-1-2-9-25-21/h1-6,9,14,17H,7-8,10-13,15H2,(H,26,27)/t17-/m0/s1. The summed E-state index contributed by atoms with van der Waals surface area (Å²) < 4.78 is 13.7. The van der Waals surface area contributed by atoms with Crippen LogP contribution in [0.25, 0.3) is 11.3 Å². The van der Waals surface area contributed by atoms with E-state index < -0.39 is 0 Å². The number of rotatable bonds is 3. The molecular formula is C23H24FN5O. The number of aromatic amines is 1. The van der Waals surface area contributed by atoms with Gasteiger partial charge in [-0.3, -0.25) is 9.89 Å². The van der Waals surface area contributed by atoms with Crippen LogP contribution in [0.15, 0.2) is 48.7 Å². The Labute approximate surface area is 174 Å². The van der Waals surface area contributed by atoms with Crippen molar-refractivity contribution in [1.82, 2.24) is 20.1 Å². The van der Waals surface area contributed by atoms with Crippen LogP contribution < -0.4 is 4.90 Å². The molecule has 0 radical (unpaired) electrons. The van der Waals surface area contributed by atoms with E-state index in [1.807, 2.05) is 29.2 Å². The van der Waals surface area contributed by atoms with E-state index in [9.17, 15) is 9.18 Å². The number of anilines is 1. The predicted molar refractivity (Wildman–Crippen MR) is 113 cm³/mol. The Hall–Kier alpha value is -3.22. The number of piperazine rings is 1. The van der Waals surface area contributed by atoms with Crippen LogP contribution in [0.1, 0.15) is 17.7 Å². The molecule has 0 saturated carbocycles. The molecule has 1 fully saturated rings. The molecule has 2 aliphatic rings. The highest BCUT2D eigenvalue weighted by Gasteiger charge is 2.32. The summed E-state index contributed by atoms with van der Waals surface area (Å²) in [5.41, 5.74) is 3.64. The highest BCUT2D eigenvalue weighted by atomic mass is 19.1. The van der Waals surface area contributed by atoms with Gasteiger partial charge in [-0.1, -0.05) is 18.2 Å². The third kappa shape index (κ3) is 3.56. The molecule has 1 amide bonds. The second-order valence-corrected chi connectivity index (χ2v) is 7.98. The van der Waals surface area contributed by atoms with Gasteiger partial charge in [0.15, 0.2) is 0 Å². The minimum Gasteiger partial charge on any atom is -0.353 e. The van der Waals surface area contributed by atoms with Crippen LogP contribution in [0.4, 0.5) is 10.2 Å². The Morgan fingerprint density at radius 3 is 2.73 bits per heavy atom. The first-order valence-electron chi connectivity index (χ1n) is 10.5. The number of fused-ring (bicyclic) bond motifs is 1. The van der Waals surface area contributed by atoms with Crippen molar-refractivity contribution < 1.29 is 9.18 Å². The van der Waals surface area contributed by atoms with Crippen LogP contribution in [0.2, 0.25) is 0 Å². The molecule has 3 heterocycles. The van der Waals surface area contributed by atoms with Crippen molar-refractivity contribution in [2.24, 2.45) is 5.92 Å². The highest BCUT2D eigenvalue weighted by molar-refractivity contribution is 5.80. The molecule has 0 unspecified atom stereocenters. The van der Waals surface area contributed by atoms with E-state index in [4.69, 9.17) is 0 Å². The van der Waals surface area contributed by atoms with Crippen molar-refractivity contribution in [3.63, 3.8) is 0 Å². The van der Waals surface area contributed by atoms with E-state index >= 15 is 0 Å². The van der Waals surface area contributed by atoms with Crippen molar-refractivity contribution in [1.29, 1.82) is 0 Å². The number of hydrogen-bond acceptors (Lipinski definition) is 4. The summed E-state index contributed by atoms with van der Waals surface area (Å²) in [4.78, 5) is 21.8. The second-order valence-electron chi connectivity index (χ2n) is 7.98. The lowest BCUT2D eigenvalue weighted by atomic mass is 9.84. The lowest BCUT2D eigenvalue weighted by Crippen LogP contribution is -2.51. The van der Waals surface area contributed by atoms with Gasteiger partial charge in [0.25, 0.3) is 0 Å². The van der Waals surface area contributed by atoms with Gasteiger partial charge in [0.1, 0.15) is 11.6 Å².